The van der Waals surface area contributed by atoms with Gasteiger partial charge in [0.2, 0.25) is 5.75 Å². The van der Waals surface area contributed by atoms with E-state index in [1.54, 1.807) is 27.4 Å². The Morgan fingerprint density at radius 1 is 0.857 bits per heavy atom. The van der Waals surface area contributed by atoms with E-state index in [4.69, 9.17) is 23.7 Å². The maximum atomic E-state index is 12.6. The number of ether oxygens (including phenoxy) is 5. The summed E-state index contributed by atoms with van der Waals surface area (Å²) in [5, 5.41) is 11.2. The Kier molecular flexibility index (Phi) is 8.89. The van der Waals surface area contributed by atoms with Gasteiger partial charge in [-0.1, -0.05) is 72.8 Å². The molecule has 35 heavy (non-hydrogen) atoms. The lowest BCUT2D eigenvalue weighted by atomic mass is 9.81. The zero-order chi connectivity index (χ0) is 25.3. The van der Waals surface area contributed by atoms with E-state index < -0.39 is 17.7 Å². The third-order valence-corrected chi connectivity index (χ3v) is 5.62. The van der Waals surface area contributed by atoms with Crippen LogP contribution in [0.15, 0.2) is 78.9 Å². The lowest BCUT2D eigenvalue weighted by Gasteiger charge is -2.37. The Balaban J connectivity index is 1.99. The molecule has 1 atom stereocenters. The average molecular weight is 479 g/mol. The van der Waals surface area contributed by atoms with Gasteiger partial charge in [-0.3, -0.25) is 0 Å². The Hall–Kier alpha value is -3.81. The van der Waals surface area contributed by atoms with Gasteiger partial charge in [-0.15, -0.1) is 0 Å². The molecular formula is C28H30O7. The molecule has 1 N–H and O–H groups in total. The molecule has 0 radical (unpaired) electrons. The topological polar surface area (TPSA) is 83.5 Å². The molecule has 0 aliphatic rings. The number of carbonyl (C=O) groups is 1. The Morgan fingerprint density at radius 3 is 1.80 bits per heavy atom. The standard InChI is InChI=1S/C28H30O7/c1-31-23-18-20(19-24(32-2)25(23)33-3)12-11-17-35-28(26(29)27(30)34-4,21-13-7-5-8-14-21)22-15-9-6-10-16-22/h5-16,18-19,26,29H,17H2,1-4H3/b12-11+. The molecule has 0 saturated carbocycles. The maximum absolute atomic E-state index is 12.6. The number of rotatable bonds is 11. The van der Waals surface area contributed by atoms with Gasteiger partial charge in [0.1, 0.15) is 0 Å². The number of hydrogen-bond acceptors (Lipinski definition) is 7. The molecule has 1 unspecified atom stereocenters. The summed E-state index contributed by atoms with van der Waals surface area (Å²) < 4.78 is 27.4. The summed E-state index contributed by atoms with van der Waals surface area (Å²) in [6.07, 6.45) is 2.01. The molecule has 0 aromatic heterocycles. The number of esters is 1. The second-order valence-corrected chi connectivity index (χ2v) is 7.57. The highest BCUT2D eigenvalue weighted by atomic mass is 16.6. The lowest BCUT2D eigenvalue weighted by Crippen LogP contribution is -2.48. The molecule has 0 saturated heterocycles. The van der Waals surface area contributed by atoms with Gasteiger partial charge < -0.3 is 28.8 Å². The lowest BCUT2D eigenvalue weighted by molar-refractivity contribution is -0.169. The smallest absolute Gasteiger partial charge is 0.338 e. The summed E-state index contributed by atoms with van der Waals surface area (Å²) in [6, 6.07) is 21.9. The number of hydrogen-bond donors (Lipinski definition) is 1. The van der Waals surface area contributed by atoms with E-state index >= 15 is 0 Å². The van der Waals surface area contributed by atoms with Crippen molar-refractivity contribution in [3.63, 3.8) is 0 Å². The van der Waals surface area contributed by atoms with Crippen LogP contribution < -0.4 is 14.2 Å². The van der Waals surface area contributed by atoms with Crippen LogP contribution in [0.1, 0.15) is 16.7 Å². The maximum Gasteiger partial charge on any atom is 0.338 e. The minimum atomic E-state index is -1.60. The van der Waals surface area contributed by atoms with Crippen molar-refractivity contribution >= 4 is 12.0 Å². The molecule has 7 nitrogen and oxygen atoms in total. The van der Waals surface area contributed by atoms with Gasteiger partial charge >= 0.3 is 5.97 Å². The van der Waals surface area contributed by atoms with Gasteiger partial charge in [-0.05, 0) is 28.8 Å². The zero-order valence-electron chi connectivity index (χ0n) is 20.3. The Bertz CT molecular complexity index is 1060. The molecule has 0 heterocycles. The van der Waals surface area contributed by atoms with E-state index in [2.05, 4.69) is 0 Å². The van der Waals surface area contributed by atoms with E-state index in [9.17, 15) is 9.90 Å². The second kappa shape index (κ2) is 12.1. The van der Waals surface area contributed by atoms with E-state index in [-0.39, 0.29) is 6.61 Å². The van der Waals surface area contributed by atoms with Crippen LogP contribution in [0.3, 0.4) is 0 Å². The first-order valence-corrected chi connectivity index (χ1v) is 11.0. The minimum Gasteiger partial charge on any atom is -0.493 e. The molecule has 0 fully saturated rings. The van der Waals surface area contributed by atoms with Crippen molar-refractivity contribution in [2.75, 3.05) is 35.0 Å². The van der Waals surface area contributed by atoms with Gasteiger partial charge in [0.15, 0.2) is 23.2 Å². The van der Waals surface area contributed by atoms with Crippen molar-refractivity contribution in [2.45, 2.75) is 11.7 Å². The number of methoxy groups -OCH3 is 4. The van der Waals surface area contributed by atoms with Crippen LogP contribution >= 0.6 is 0 Å². The summed E-state index contributed by atoms with van der Waals surface area (Å²) in [5.74, 6) is 0.746. The molecule has 3 aromatic carbocycles. The summed E-state index contributed by atoms with van der Waals surface area (Å²) in [4.78, 5) is 12.6. The van der Waals surface area contributed by atoms with Crippen LogP contribution in [0.5, 0.6) is 17.2 Å². The van der Waals surface area contributed by atoms with Gasteiger partial charge in [0, 0.05) is 0 Å². The van der Waals surface area contributed by atoms with Crippen molar-refractivity contribution in [3.8, 4) is 17.2 Å². The summed E-state index contributed by atoms with van der Waals surface area (Å²) in [5.41, 5.74) is 0.534. The number of carbonyl (C=O) groups excluding carboxylic acids is 1. The Labute approximate surface area is 205 Å². The molecular weight excluding hydrogens is 448 g/mol. The molecule has 184 valence electrons. The van der Waals surface area contributed by atoms with Crippen LogP contribution in [0, 0.1) is 0 Å². The highest BCUT2D eigenvalue weighted by Gasteiger charge is 2.47. The monoisotopic (exact) mass is 478 g/mol. The Morgan fingerprint density at radius 2 is 1.37 bits per heavy atom. The van der Waals surface area contributed by atoms with E-state index in [0.717, 1.165) is 5.56 Å². The quantitative estimate of drug-likeness (QED) is 0.413. The van der Waals surface area contributed by atoms with Gasteiger partial charge in [0.25, 0.3) is 0 Å². The summed E-state index contributed by atoms with van der Waals surface area (Å²) in [6.45, 7) is 0.0779. The number of benzene rings is 3. The summed E-state index contributed by atoms with van der Waals surface area (Å²) >= 11 is 0. The third kappa shape index (κ3) is 5.48. The molecule has 0 spiro atoms. The predicted octanol–water partition coefficient (Wildman–Crippen LogP) is 4.22. The van der Waals surface area contributed by atoms with Crippen LogP contribution in [0.2, 0.25) is 0 Å². The number of aliphatic hydroxyl groups excluding tert-OH is 1. The molecule has 3 aromatic rings. The SMILES string of the molecule is COC(=O)C(O)C(OC/C=C/c1cc(OC)c(OC)c(OC)c1)(c1ccccc1)c1ccccc1. The van der Waals surface area contributed by atoms with Crippen molar-refractivity contribution in [2.24, 2.45) is 0 Å². The van der Waals surface area contributed by atoms with Crippen LogP contribution in [-0.4, -0.2) is 52.2 Å². The highest BCUT2D eigenvalue weighted by Crippen LogP contribution is 2.39. The van der Waals surface area contributed by atoms with Crippen molar-refractivity contribution in [1.29, 1.82) is 0 Å². The van der Waals surface area contributed by atoms with Crippen molar-refractivity contribution in [1.82, 2.24) is 0 Å². The molecule has 3 rings (SSSR count). The zero-order valence-corrected chi connectivity index (χ0v) is 20.3. The van der Waals surface area contributed by atoms with Crippen LogP contribution in [0.4, 0.5) is 0 Å². The molecule has 0 amide bonds. The predicted molar refractivity (Wildman–Crippen MR) is 133 cm³/mol. The number of aliphatic hydroxyl groups is 1. The first-order chi connectivity index (χ1) is 17.0. The first kappa shape index (κ1) is 25.8. The molecule has 0 aliphatic carbocycles. The van der Waals surface area contributed by atoms with Gasteiger partial charge in [-0.25, -0.2) is 4.79 Å². The fourth-order valence-corrected chi connectivity index (χ4v) is 3.94. The first-order valence-electron chi connectivity index (χ1n) is 11.0. The minimum absolute atomic E-state index is 0.0779. The van der Waals surface area contributed by atoms with Gasteiger partial charge in [-0.2, -0.15) is 0 Å². The molecule has 7 heteroatoms. The third-order valence-electron chi connectivity index (χ3n) is 5.62. The van der Waals surface area contributed by atoms with Gasteiger partial charge in [0.05, 0.1) is 35.0 Å². The largest absolute Gasteiger partial charge is 0.493 e. The fraction of sp³-hybridized carbons (Fsp3) is 0.250. The van der Waals surface area contributed by atoms with E-state index in [1.165, 1.54) is 7.11 Å². The second-order valence-electron chi connectivity index (χ2n) is 7.57. The fourth-order valence-electron chi connectivity index (χ4n) is 3.94. The summed E-state index contributed by atoms with van der Waals surface area (Å²) in [7, 11) is 5.88. The highest BCUT2D eigenvalue weighted by molar-refractivity contribution is 5.77. The average Bonchev–Trinajstić information content (AvgIpc) is 2.92. The van der Waals surface area contributed by atoms with E-state index in [1.807, 2.05) is 78.9 Å². The normalized spacial score (nSPS) is 12.3. The van der Waals surface area contributed by atoms with Crippen molar-refractivity contribution in [3.05, 3.63) is 95.6 Å². The van der Waals surface area contributed by atoms with Crippen LogP contribution in [-0.2, 0) is 19.9 Å². The van der Waals surface area contributed by atoms with E-state index in [0.29, 0.717) is 28.4 Å². The van der Waals surface area contributed by atoms with Crippen LogP contribution in [0.25, 0.3) is 6.08 Å². The van der Waals surface area contributed by atoms with Crippen molar-refractivity contribution < 1.29 is 33.6 Å². The molecule has 0 bridgehead atoms. The molecule has 0 aliphatic heterocycles.